The first kappa shape index (κ1) is 18.5. The Labute approximate surface area is 158 Å². The van der Waals surface area contributed by atoms with Crippen LogP contribution < -0.4 is 0 Å². The molecule has 0 N–H and O–H groups in total. The molecule has 4 heteroatoms. The predicted molar refractivity (Wildman–Crippen MR) is 105 cm³/mol. The van der Waals surface area contributed by atoms with Gasteiger partial charge in [0.15, 0.2) is 0 Å². The monoisotopic (exact) mass is 360 g/mol. The molecule has 1 amide bonds. The molecule has 0 spiro atoms. The topological polar surface area (TPSA) is 33.2 Å². The molecule has 0 saturated heterocycles. The van der Waals surface area contributed by atoms with Crippen LogP contribution >= 0.6 is 0 Å². The van der Waals surface area contributed by atoms with E-state index < -0.39 is 0 Å². The Kier molecular flexibility index (Phi) is 6.10. The lowest BCUT2D eigenvalue weighted by atomic mass is 10.1. The van der Waals surface area contributed by atoms with Crippen molar-refractivity contribution in [3.63, 3.8) is 0 Å². The molecule has 0 saturated carbocycles. The average molecular weight is 360 g/mol. The van der Waals surface area contributed by atoms with E-state index in [0.717, 1.165) is 22.3 Å². The van der Waals surface area contributed by atoms with E-state index in [1.165, 1.54) is 18.2 Å². The highest BCUT2D eigenvalue weighted by molar-refractivity contribution is 5.91. The molecule has 0 bridgehead atoms. The van der Waals surface area contributed by atoms with Crippen molar-refractivity contribution in [3.8, 4) is 0 Å². The molecule has 136 valence electrons. The summed E-state index contributed by atoms with van der Waals surface area (Å²) in [5.41, 5.74) is 3.99. The van der Waals surface area contributed by atoms with E-state index in [9.17, 15) is 9.18 Å². The van der Waals surface area contributed by atoms with Crippen molar-refractivity contribution in [2.24, 2.45) is 0 Å². The molecular formula is C23H21FN2O. The van der Waals surface area contributed by atoms with Crippen LogP contribution in [0.25, 0.3) is 6.08 Å². The lowest BCUT2D eigenvalue weighted by molar-refractivity contribution is -0.127. The van der Waals surface area contributed by atoms with Crippen molar-refractivity contribution >= 4 is 12.0 Å². The van der Waals surface area contributed by atoms with E-state index >= 15 is 0 Å². The van der Waals surface area contributed by atoms with Crippen molar-refractivity contribution in [2.45, 2.75) is 20.0 Å². The van der Waals surface area contributed by atoms with Crippen LogP contribution in [0.1, 0.15) is 22.3 Å². The van der Waals surface area contributed by atoms with Gasteiger partial charge in [0.2, 0.25) is 5.91 Å². The maximum Gasteiger partial charge on any atom is 0.247 e. The molecule has 0 aliphatic carbocycles. The third-order valence-corrected chi connectivity index (χ3v) is 4.32. The summed E-state index contributed by atoms with van der Waals surface area (Å²) in [5, 5.41) is 0. The van der Waals surface area contributed by atoms with Gasteiger partial charge in [-0.2, -0.15) is 0 Å². The molecule has 0 atom stereocenters. The fourth-order valence-electron chi connectivity index (χ4n) is 2.76. The number of pyridine rings is 1. The number of aryl methyl sites for hydroxylation is 1. The summed E-state index contributed by atoms with van der Waals surface area (Å²) in [5.74, 6) is -0.400. The number of carbonyl (C=O) groups is 1. The van der Waals surface area contributed by atoms with Gasteiger partial charge in [0.25, 0.3) is 0 Å². The number of nitrogens with zero attached hydrogens (tertiary/aromatic N) is 2. The molecule has 0 unspecified atom stereocenters. The normalized spacial score (nSPS) is 10.9. The molecule has 0 aliphatic rings. The minimum atomic E-state index is -0.295. The first-order valence-electron chi connectivity index (χ1n) is 8.78. The first-order valence-corrected chi connectivity index (χ1v) is 8.78. The van der Waals surface area contributed by atoms with Crippen molar-refractivity contribution < 1.29 is 9.18 Å². The molecule has 3 aromatic rings. The number of hydrogen-bond acceptors (Lipinski definition) is 2. The number of benzene rings is 2. The van der Waals surface area contributed by atoms with Crippen LogP contribution in [-0.4, -0.2) is 15.8 Å². The summed E-state index contributed by atoms with van der Waals surface area (Å²) >= 11 is 0. The number of halogens is 1. The summed E-state index contributed by atoms with van der Waals surface area (Å²) < 4.78 is 13.0. The van der Waals surface area contributed by atoms with Crippen molar-refractivity contribution in [1.29, 1.82) is 0 Å². The van der Waals surface area contributed by atoms with Gasteiger partial charge in [0.05, 0.1) is 0 Å². The van der Waals surface area contributed by atoms with Gasteiger partial charge in [-0.05, 0) is 53.5 Å². The van der Waals surface area contributed by atoms with Gasteiger partial charge in [-0.15, -0.1) is 0 Å². The number of hydrogen-bond donors (Lipinski definition) is 0. The van der Waals surface area contributed by atoms with Gasteiger partial charge in [-0.25, -0.2) is 4.39 Å². The first-order chi connectivity index (χ1) is 13.1. The highest BCUT2D eigenvalue weighted by Crippen LogP contribution is 2.14. The maximum atomic E-state index is 13.0. The Morgan fingerprint density at radius 3 is 2.52 bits per heavy atom. The summed E-state index contributed by atoms with van der Waals surface area (Å²) in [4.78, 5) is 18.8. The number of amides is 1. The van der Waals surface area contributed by atoms with E-state index in [1.807, 2.05) is 43.3 Å². The van der Waals surface area contributed by atoms with Crippen molar-refractivity contribution in [3.05, 3.63) is 107 Å². The Morgan fingerprint density at radius 1 is 1.04 bits per heavy atom. The van der Waals surface area contributed by atoms with Crippen LogP contribution in [0.3, 0.4) is 0 Å². The number of rotatable bonds is 6. The van der Waals surface area contributed by atoms with Gasteiger partial charge in [0.1, 0.15) is 5.82 Å². The zero-order valence-corrected chi connectivity index (χ0v) is 15.2. The summed E-state index contributed by atoms with van der Waals surface area (Å²) in [6, 6.07) is 17.9. The average Bonchev–Trinajstić information content (AvgIpc) is 2.69. The van der Waals surface area contributed by atoms with Crippen LogP contribution in [0.4, 0.5) is 4.39 Å². The largest absolute Gasteiger partial charge is 0.330 e. The number of aromatic nitrogens is 1. The minimum absolute atomic E-state index is 0.105. The van der Waals surface area contributed by atoms with E-state index in [-0.39, 0.29) is 11.7 Å². The van der Waals surface area contributed by atoms with Crippen LogP contribution in [0.15, 0.2) is 79.1 Å². The molecule has 27 heavy (non-hydrogen) atoms. The predicted octanol–water partition coefficient (Wildman–Crippen LogP) is 4.77. The summed E-state index contributed by atoms with van der Waals surface area (Å²) in [6.45, 7) is 3.01. The van der Waals surface area contributed by atoms with Crippen LogP contribution in [0, 0.1) is 12.7 Å². The highest BCUT2D eigenvalue weighted by Gasteiger charge is 2.13. The molecule has 1 heterocycles. The smallest absolute Gasteiger partial charge is 0.247 e. The van der Waals surface area contributed by atoms with Crippen molar-refractivity contribution in [1.82, 2.24) is 9.88 Å². The Morgan fingerprint density at radius 2 is 1.81 bits per heavy atom. The van der Waals surface area contributed by atoms with Gasteiger partial charge in [0, 0.05) is 31.6 Å². The zero-order valence-electron chi connectivity index (χ0n) is 15.2. The number of carbonyl (C=O) groups excluding carboxylic acids is 1. The van der Waals surface area contributed by atoms with E-state index in [4.69, 9.17) is 0 Å². The molecule has 2 aromatic carbocycles. The second-order valence-corrected chi connectivity index (χ2v) is 6.37. The SMILES string of the molecule is Cc1ccccc1CN(Cc1cccnc1)C(=O)C=Cc1ccc(F)cc1. The van der Waals surface area contributed by atoms with Gasteiger partial charge in [-0.1, -0.05) is 42.5 Å². The molecule has 0 aliphatic heterocycles. The Bertz CT molecular complexity index is 921. The lowest BCUT2D eigenvalue weighted by Gasteiger charge is -2.22. The standard InChI is InChI=1S/C23H21FN2O/c1-18-5-2-3-7-21(18)17-26(16-20-6-4-14-25-15-20)23(27)13-10-19-8-11-22(24)12-9-19/h2-15H,16-17H2,1H3. The molecule has 0 radical (unpaired) electrons. The summed E-state index contributed by atoms with van der Waals surface area (Å²) in [7, 11) is 0. The van der Waals surface area contributed by atoms with E-state index in [0.29, 0.717) is 13.1 Å². The van der Waals surface area contributed by atoms with E-state index in [1.54, 1.807) is 35.5 Å². The molecule has 0 fully saturated rings. The molecule has 3 rings (SSSR count). The van der Waals surface area contributed by atoms with Gasteiger partial charge >= 0.3 is 0 Å². The highest BCUT2D eigenvalue weighted by atomic mass is 19.1. The van der Waals surface area contributed by atoms with Crippen LogP contribution in [0.2, 0.25) is 0 Å². The summed E-state index contributed by atoms with van der Waals surface area (Å²) in [6.07, 6.45) is 6.71. The lowest BCUT2D eigenvalue weighted by Crippen LogP contribution is -2.28. The Balaban J connectivity index is 1.80. The second kappa shape index (κ2) is 8.90. The van der Waals surface area contributed by atoms with Gasteiger partial charge < -0.3 is 4.90 Å². The third kappa shape index (κ3) is 5.35. The van der Waals surface area contributed by atoms with Crippen LogP contribution in [-0.2, 0) is 17.9 Å². The van der Waals surface area contributed by atoms with Crippen LogP contribution in [0.5, 0.6) is 0 Å². The van der Waals surface area contributed by atoms with Crippen molar-refractivity contribution in [2.75, 3.05) is 0 Å². The Hall–Kier alpha value is -3.27. The quantitative estimate of drug-likeness (QED) is 0.593. The zero-order chi connectivity index (χ0) is 19.1. The molecular weight excluding hydrogens is 339 g/mol. The third-order valence-electron chi connectivity index (χ3n) is 4.32. The maximum absolute atomic E-state index is 13.0. The second-order valence-electron chi connectivity index (χ2n) is 6.37. The minimum Gasteiger partial charge on any atom is -0.330 e. The fourth-order valence-corrected chi connectivity index (χ4v) is 2.76. The van der Waals surface area contributed by atoms with E-state index in [2.05, 4.69) is 4.98 Å². The fraction of sp³-hybridized carbons (Fsp3) is 0.130. The molecule has 1 aromatic heterocycles. The van der Waals surface area contributed by atoms with Gasteiger partial charge in [-0.3, -0.25) is 9.78 Å². The molecule has 3 nitrogen and oxygen atoms in total.